The molecule has 2 rings (SSSR count). The van der Waals surface area contributed by atoms with E-state index in [4.69, 9.17) is 5.26 Å². The number of anilines is 1. The number of hydrogen-bond donors (Lipinski definition) is 0. The predicted octanol–water partition coefficient (Wildman–Crippen LogP) is 0.931. The molecular formula is C13H15N3O2S. The summed E-state index contributed by atoms with van der Waals surface area (Å²) in [5, 5.41) is 9.05. The van der Waals surface area contributed by atoms with E-state index in [1.807, 2.05) is 17.8 Å². The van der Waals surface area contributed by atoms with Gasteiger partial charge in [-0.05, 0) is 12.5 Å². The van der Waals surface area contributed by atoms with Crippen LogP contribution in [0.4, 0.5) is 5.82 Å². The van der Waals surface area contributed by atoms with Crippen LogP contribution in [0.5, 0.6) is 0 Å². The van der Waals surface area contributed by atoms with Crippen LogP contribution in [0.1, 0.15) is 21.5 Å². The third kappa shape index (κ3) is 2.26. The molecule has 0 saturated carbocycles. The molecule has 0 bridgehead atoms. The lowest BCUT2D eigenvalue weighted by Crippen LogP contribution is -2.38. The lowest BCUT2D eigenvalue weighted by molar-refractivity contribution is 0.112. The van der Waals surface area contributed by atoms with Crippen molar-refractivity contribution in [1.29, 1.82) is 5.26 Å². The van der Waals surface area contributed by atoms with Gasteiger partial charge in [0.2, 0.25) is 0 Å². The van der Waals surface area contributed by atoms with Crippen LogP contribution in [0, 0.1) is 18.3 Å². The number of nitrogens with zero attached hydrogens (tertiary/aromatic N) is 3. The van der Waals surface area contributed by atoms with E-state index < -0.39 is 0 Å². The van der Waals surface area contributed by atoms with Crippen LogP contribution in [0.2, 0.25) is 0 Å². The molecule has 0 spiro atoms. The molecule has 19 heavy (non-hydrogen) atoms. The van der Waals surface area contributed by atoms with E-state index >= 15 is 0 Å². The van der Waals surface area contributed by atoms with Gasteiger partial charge in [0.05, 0.1) is 5.56 Å². The fourth-order valence-electron chi connectivity index (χ4n) is 2.34. The topological polar surface area (TPSA) is 66.1 Å². The minimum atomic E-state index is -0.334. The largest absolute Gasteiger partial charge is 0.356 e. The molecule has 2 heterocycles. The van der Waals surface area contributed by atoms with Gasteiger partial charge < -0.3 is 4.90 Å². The minimum Gasteiger partial charge on any atom is -0.356 e. The molecule has 1 aromatic heterocycles. The summed E-state index contributed by atoms with van der Waals surface area (Å²) in [4.78, 5) is 25.6. The van der Waals surface area contributed by atoms with Crippen LogP contribution in [-0.4, -0.2) is 35.4 Å². The maximum absolute atomic E-state index is 12.1. The number of aromatic nitrogens is 1. The highest BCUT2D eigenvalue weighted by Crippen LogP contribution is 2.24. The maximum atomic E-state index is 12.1. The molecule has 5 nitrogen and oxygen atoms in total. The Morgan fingerprint density at radius 2 is 2.00 bits per heavy atom. The maximum Gasteiger partial charge on any atom is 0.270 e. The number of aldehydes is 1. The lowest BCUT2D eigenvalue weighted by atomic mass is 10.1. The van der Waals surface area contributed by atoms with E-state index in [0.717, 1.165) is 30.9 Å². The summed E-state index contributed by atoms with van der Waals surface area (Å²) in [6.07, 6.45) is 0.743. The van der Waals surface area contributed by atoms with Crippen molar-refractivity contribution in [3.05, 3.63) is 27.0 Å². The molecule has 1 aliphatic heterocycles. The fraction of sp³-hybridized carbons (Fsp3) is 0.462. The average molecular weight is 277 g/mol. The standard InChI is InChI=1S/C13H15N3O2S/c1-9-10(7-14)13(18)15(2)12(11(9)8-17)16-3-5-19-6-4-16/h8H,3-6H2,1-2H3. The van der Waals surface area contributed by atoms with Crippen molar-refractivity contribution in [2.45, 2.75) is 6.92 Å². The van der Waals surface area contributed by atoms with Crippen molar-refractivity contribution in [2.75, 3.05) is 29.5 Å². The van der Waals surface area contributed by atoms with Crippen LogP contribution in [-0.2, 0) is 7.05 Å². The first-order chi connectivity index (χ1) is 9.11. The zero-order valence-electron chi connectivity index (χ0n) is 11.0. The lowest BCUT2D eigenvalue weighted by Gasteiger charge is -2.31. The van der Waals surface area contributed by atoms with E-state index in [0.29, 0.717) is 16.9 Å². The van der Waals surface area contributed by atoms with Crippen molar-refractivity contribution < 1.29 is 4.79 Å². The van der Waals surface area contributed by atoms with Crippen molar-refractivity contribution in [2.24, 2.45) is 7.05 Å². The summed E-state index contributed by atoms with van der Waals surface area (Å²) in [6, 6.07) is 1.89. The third-order valence-electron chi connectivity index (χ3n) is 3.40. The van der Waals surface area contributed by atoms with E-state index in [9.17, 15) is 9.59 Å². The summed E-state index contributed by atoms with van der Waals surface area (Å²) in [6.45, 7) is 3.28. The highest BCUT2D eigenvalue weighted by atomic mass is 32.2. The van der Waals surface area contributed by atoms with Crippen LogP contribution in [0.15, 0.2) is 4.79 Å². The van der Waals surface area contributed by atoms with Gasteiger partial charge in [0.25, 0.3) is 5.56 Å². The summed E-state index contributed by atoms with van der Waals surface area (Å²) in [5.41, 5.74) is 0.651. The fourth-order valence-corrected chi connectivity index (χ4v) is 3.24. The Bertz CT molecular complexity index is 610. The molecule has 0 atom stereocenters. The van der Waals surface area contributed by atoms with Crippen molar-refractivity contribution in [3.8, 4) is 6.07 Å². The second-order valence-electron chi connectivity index (χ2n) is 4.43. The average Bonchev–Trinajstić information content (AvgIpc) is 2.44. The smallest absolute Gasteiger partial charge is 0.270 e. The molecule has 0 unspecified atom stereocenters. The molecule has 0 amide bonds. The van der Waals surface area contributed by atoms with E-state index in [1.54, 1.807) is 14.0 Å². The van der Waals surface area contributed by atoms with Crippen molar-refractivity contribution >= 4 is 23.9 Å². The van der Waals surface area contributed by atoms with Crippen LogP contribution in [0.25, 0.3) is 0 Å². The van der Waals surface area contributed by atoms with Gasteiger partial charge in [-0.1, -0.05) is 0 Å². The summed E-state index contributed by atoms with van der Waals surface area (Å²) < 4.78 is 1.42. The molecule has 0 radical (unpaired) electrons. The normalized spacial score (nSPS) is 15.1. The van der Waals surface area contributed by atoms with Crippen molar-refractivity contribution in [3.63, 3.8) is 0 Å². The number of hydrogen-bond acceptors (Lipinski definition) is 5. The molecule has 1 saturated heterocycles. The number of carbonyl (C=O) groups is 1. The van der Waals surface area contributed by atoms with Gasteiger partial charge in [-0.25, -0.2) is 0 Å². The zero-order chi connectivity index (χ0) is 14.0. The first-order valence-corrected chi connectivity index (χ1v) is 7.18. The predicted molar refractivity (Wildman–Crippen MR) is 76.1 cm³/mol. The number of pyridine rings is 1. The Kier molecular flexibility index (Phi) is 3.96. The van der Waals surface area contributed by atoms with Crippen LogP contribution >= 0.6 is 11.8 Å². The Labute approximate surface area is 115 Å². The molecule has 1 aliphatic rings. The molecule has 0 N–H and O–H groups in total. The Morgan fingerprint density at radius 1 is 1.37 bits per heavy atom. The van der Waals surface area contributed by atoms with Gasteiger partial charge in [-0.3, -0.25) is 14.2 Å². The molecule has 100 valence electrons. The highest BCUT2D eigenvalue weighted by Gasteiger charge is 2.22. The van der Waals surface area contributed by atoms with Gasteiger partial charge in [0.15, 0.2) is 6.29 Å². The van der Waals surface area contributed by atoms with Crippen LogP contribution in [0.3, 0.4) is 0 Å². The molecule has 1 fully saturated rings. The highest BCUT2D eigenvalue weighted by molar-refractivity contribution is 7.99. The Balaban J connectivity index is 2.69. The van der Waals surface area contributed by atoms with Gasteiger partial charge in [0, 0.05) is 31.6 Å². The van der Waals surface area contributed by atoms with Crippen LogP contribution < -0.4 is 10.5 Å². The molecule has 0 aliphatic carbocycles. The summed E-state index contributed by atoms with van der Waals surface area (Å²) in [7, 11) is 1.62. The van der Waals surface area contributed by atoms with E-state index in [2.05, 4.69) is 4.90 Å². The molecular weight excluding hydrogens is 262 g/mol. The number of rotatable bonds is 2. The van der Waals surface area contributed by atoms with E-state index in [-0.39, 0.29) is 11.1 Å². The second kappa shape index (κ2) is 5.49. The Hall–Kier alpha value is -1.74. The SMILES string of the molecule is Cc1c(C=O)c(N2CCSCC2)n(C)c(=O)c1C#N. The monoisotopic (exact) mass is 277 g/mol. The first kappa shape index (κ1) is 13.7. The van der Waals surface area contributed by atoms with Gasteiger partial charge >= 0.3 is 0 Å². The molecule has 0 aromatic carbocycles. The Morgan fingerprint density at radius 3 is 2.53 bits per heavy atom. The zero-order valence-corrected chi connectivity index (χ0v) is 11.8. The molecule has 6 heteroatoms. The van der Waals surface area contributed by atoms with E-state index in [1.165, 1.54) is 4.57 Å². The minimum absolute atomic E-state index is 0.0553. The van der Waals surface area contributed by atoms with Gasteiger partial charge in [-0.15, -0.1) is 0 Å². The number of nitriles is 1. The quantitative estimate of drug-likeness (QED) is 0.752. The second-order valence-corrected chi connectivity index (χ2v) is 5.66. The third-order valence-corrected chi connectivity index (χ3v) is 4.34. The van der Waals surface area contributed by atoms with Gasteiger partial charge in [-0.2, -0.15) is 17.0 Å². The number of thioether (sulfide) groups is 1. The molecule has 1 aromatic rings. The summed E-state index contributed by atoms with van der Waals surface area (Å²) in [5.74, 6) is 2.59. The number of carbonyl (C=O) groups excluding carboxylic acids is 1. The van der Waals surface area contributed by atoms with Crippen molar-refractivity contribution in [1.82, 2.24) is 4.57 Å². The van der Waals surface area contributed by atoms with Gasteiger partial charge in [0.1, 0.15) is 17.5 Å². The summed E-state index contributed by atoms with van der Waals surface area (Å²) >= 11 is 1.86. The first-order valence-electron chi connectivity index (χ1n) is 6.03.